The van der Waals surface area contributed by atoms with Gasteiger partial charge in [0, 0.05) is 36.3 Å². The van der Waals surface area contributed by atoms with Crippen LogP contribution in [-0.2, 0) is 11.3 Å². The summed E-state index contributed by atoms with van der Waals surface area (Å²) in [5.74, 6) is 1.18. The lowest BCUT2D eigenvalue weighted by atomic mass is 10.2. The lowest BCUT2D eigenvalue weighted by Gasteiger charge is -2.11. The molecule has 1 aromatic heterocycles. The highest BCUT2D eigenvalue weighted by molar-refractivity contribution is 6.30. The Kier molecular flexibility index (Phi) is 7.86. The second-order valence-corrected chi connectivity index (χ2v) is 6.96. The van der Waals surface area contributed by atoms with Gasteiger partial charge in [-0.25, -0.2) is 4.98 Å². The van der Waals surface area contributed by atoms with Crippen LogP contribution >= 0.6 is 11.6 Å². The molecule has 30 heavy (non-hydrogen) atoms. The van der Waals surface area contributed by atoms with Gasteiger partial charge in [-0.3, -0.25) is 9.79 Å². The van der Waals surface area contributed by atoms with E-state index in [-0.39, 0.29) is 5.91 Å². The first kappa shape index (κ1) is 21.4. The molecule has 2 aromatic carbocycles. The van der Waals surface area contributed by atoms with E-state index in [2.05, 4.69) is 25.9 Å². The zero-order chi connectivity index (χ0) is 21.2. The first-order valence-corrected chi connectivity index (χ1v) is 10.0. The summed E-state index contributed by atoms with van der Waals surface area (Å²) in [6.07, 6.45) is 2.70. The Hall–Kier alpha value is -3.32. The molecule has 0 bridgehead atoms. The summed E-state index contributed by atoms with van der Waals surface area (Å²) in [4.78, 5) is 20.7. The minimum Gasteiger partial charge on any atom is -0.444 e. The number of hydrogen-bond donors (Lipinski definition) is 3. The van der Waals surface area contributed by atoms with Gasteiger partial charge in [0.25, 0.3) is 0 Å². The summed E-state index contributed by atoms with van der Waals surface area (Å²) in [5.41, 5.74) is 2.44. The van der Waals surface area contributed by atoms with Crippen molar-refractivity contribution in [2.45, 2.75) is 19.4 Å². The van der Waals surface area contributed by atoms with Gasteiger partial charge in [-0.1, -0.05) is 29.8 Å². The number of nitrogens with one attached hydrogen (secondary N) is 3. The average Bonchev–Trinajstić information content (AvgIpc) is 3.24. The average molecular weight is 426 g/mol. The van der Waals surface area contributed by atoms with E-state index < -0.39 is 0 Å². The second-order valence-electron chi connectivity index (χ2n) is 6.52. The first-order valence-electron chi connectivity index (χ1n) is 9.64. The minimum atomic E-state index is -0.0434. The van der Waals surface area contributed by atoms with Crippen LogP contribution in [0.1, 0.15) is 18.5 Å². The number of aliphatic imine (C=N–C) groups is 1. The predicted octanol–water partition coefficient (Wildman–Crippen LogP) is 4.08. The summed E-state index contributed by atoms with van der Waals surface area (Å²) in [6, 6.07) is 16.8. The molecule has 3 N–H and O–H groups in total. The number of hydrogen-bond acceptors (Lipinski definition) is 4. The van der Waals surface area contributed by atoms with E-state index in [1.807, 2.05) is 30.3 Å². The van der Waals surface area contributed by atoms with Crippen molar-refractivity contribution in [2.24, 2.45) is 4.99 Å². The van der Waals surface area contributed by atoms with E-state index in [4.69, 9.17) is 16.0 Å². The number of oxazole rings is 1. The summed E-state index contributed by atoms with van der Waals surface area (Å²) >= 11 is 5.84. The lowest BCUT2D eigenvalue weighted by molar-refractivity contribution is -0.116. The Morgan fingerprint density at radius 2 is 1.87 bits per heavy atom. The maximum atomic E-state index is 12.0. The molecule has 156 valence electrons. The highest BCUT2D eigenvalue weighted by atomic mass is 35.5. The molecule has 0 aliphatic heterocycles. The number of guanidine groups is 1. The van der Waals surface area contributed by atoms with Gasteiger partial charge in [0.15, 0.2) is 5.96 Å². The Balaban J connectivity index is 1.36. The molecule has 0 aliphatic rings. The van der Waals surface area contributed by atoms with Crippen LogP contribution in [0.5, 0.6) is 0 Å². The zero-order valence-electron chi connectivity index (χ0n) is 16.7. The van der Waals surface area contributed by atoms with Gasteiger partial charge in [0.1, 0.15) is 6.26 Å². The number of rotatable bonds is 8. The third kappa shape index (κ3) is 6.63. The van der Waals surface area contributed by atoms with E-state index in [0.29, 0.717) is 42.8 Å². The number of benzene rings is 2. The SMILES string of the molecule is CN=C(NCCCC(=O)Nc1ccc(Cl)cc1)NCc1coc(-c2ccccc2)n1. The number of carbonyl (C=O) groups excluding carboxylic acids is 1. The Bertz CT molecular complexity index is 971. The van der Waals surface area contributed by atoms with Crippen molar-refractivity contribution in [3.05, 3.63) is 71.6 Å². The monoisotopic (exact) mass is 425 g/mol. The van der Waals surface area contributed by atoms with Gasteiger partial charge in [-0.2, -0.15) is 0 Å². The highest BCUT2D eigenvalue weighted by Crippen LogP contribution is 2.17. The second kappa shape index (κ2) is 11.0. The molecule has 0 atom stereocenters. The third-order valence-electron chi connectivity index (χ3n) is 4.23. The van der Waals surface area contributed by atoms with E-state index in [0.717, 1.165) is 16.9 Å². The van der Waals surface area contributed by atoms with E-state index >= 15 is 0 Å². The summed E-state index contributed by atoms with van der Waals surface area (Å²) < 4.78 is 5.53. The zero-order valence-corrected chi connectivity index (χ0v) is 17.4. The molecule has 0 spiro atoms. The Morgan fingerprint density at radius 3 is 2.60 bits per heavy atom. The standard InChI is InChI=1S/C22H24ClN5O2/c1-24-22(25-13-5-8-20(29)27-18-11-9-17(23)10-12-18)26-14-19-15-30-21(28-19)16-6-3-2-4-7-16/h2-4,6-7,9-12,15H,5,8,13-14H2,1H3,(H,27,29)(H2,24,25,26). The molecule has 0 saturated heterocycles. The quantitative estimate of drug-likeness (QED) is 0.287. The molecule has 3 rings (SSSR count). The normalized spacial score (nSPS) is 11.2. The topological polar surface area (TPSA) is 91.5 Å². The van der Waals surface area contributed by atoms with Gasteiger partial charge < -0.3 is 20.4 Å². The molecule has 0 radical (unpaired) electrons. The van der Waals surface area contributed by atoms with Crippen molar-refractivity contribution in [2.75, 3.05) is 18.9 Å². The van der Waals surface area contributed by atoms with Crippen molar-refractivity contribution < 1.29 is 9.21 Å². The Labute approximate surface area is 180 Å². The van der Waals surface area contributed by atoms with Crippen LogP contribution in [0, 0.1) is 0 Å². The smallest absolute Gasteiger partial charge is 0.226 e. The number of anilines is 1. The maximum Gasteiger partial charge on any atom is 0.226 e. The molecule has 0 fully saturated rings. The van der Waals surface area contributed by atoms with Crippen LogP contribution in [0.25, 0.3) is 11.5 Å². The molecule has 8 heteroatoms. The van der Waals surface area contributed by atoms with Gasteiger partial charge in [-0.15, -0.1) is 0 Å². The molecule has 0 saturated carbocycles. The van der Waals surface area contributed by atoms with Crippen molar-refractivity contribution in [3.8, 4) is 11.5 Å². The fourth-order valence-electron chi connectivity index (χ4n) is 2.71. The first-order chi connectivity index (χ1) is 14.6. The largest absolute Gasteiger partial charge is 0.444 e. The van der Waals surface area contributed by atoms with Crippen molar-refractivity contribution in [3.63, 3.8) is 0 Å². The number of amides is 1. The van der Waals surface area contributed by atoms with E-state index in [9.17, 15) is 4.79 Å². The highest BCUT2D eigenvalue weighted by Gasteiger charge is 2.07. The number of carbonyl (C=O) groups is 1. The molecule has 3 aromatic rings. The predicted molar refractivity (Wildman–Crippen MR) is 119 cm³/mol. The molecule has 0 unspecified atom stereocenters. The van der Waals surface area contributed by atoms with Crippen LogP contribution in [0.4, 0.5) is 5.69 Å². The van der Waals surface area contributed by atoms with Gasteiger partial charge in [0.05, 0.1) is 12.2 Å². The molecule has 0 aliphatic carbocycles. The van der Waals surface area contributed by atoms with E-state index in [1.165, 1.54) is 0 Å². The van der Waals surface area contributed by atoms with Crippen LogP contribution in [0.15, 0.2) is 70.3 Å². The number of halogens is 1. The fourth-order valence-corrected chi connectivity index (χ4v) is 2.83. The summed E-state index contributed by atoms with van der Waals surface area (Å²) in [6.45, 7) is 1.09. The molecule has 1 heterocycles. The minimum absolute atomic E-state index is 0.0434. The van der Waals surface area contributed by atoms with Crippen LogP contribution in [0.3, 0.4) is 0 Å². The van der Waals surface area contributed by atoms with Gasteiger partial charge >= 0.3 is 0 Å². The van der Waals surface area contributed by atoms with Gasteiger partial charge in [-0.05, 0) is 42.8 Å². The van der Waals surface area contributed by atoms with E-state index in [1.54, 1.807) is 37.6 Å². The number of nitrogens with zero attached hydrogens (tertiary/aromatic N) is 2. The number of aromatic nitrogens is 1. The van der Waals surface area contributed by atoms with Gasteiger partial charge in [0.2, 0.25) is 11.8 Å². The molecule has 1 amide bonds. The summed E-state index contributed by atoms with van der Waals surface area (Å²) in [5, 5.41) is 9.86. The van der Waals surface area contributed by atoms with Crippen molar-refractivity contribution in [1.82, 2.24) is 15.6 Å². The van der Waals surface area contributed by atoms with Crippen LogP contribution < -0.4 is 16.0 Å². The Morgan fingerprint density at radius 1 is 1.10 bits per heavy atom. The fraction of sp³-hybridized carbons (Fsp3) is 0.227. The third-order valence-corrected chi connectivity index (χ3v) is 4.49. The lowest BCUT2D eigenvalue weighted by Crippen LogP contribution is -2.37. The maximum absolute atomic E-state index is 12.0. The van der Waals surface area contributed by atoms with Crippen LogP contribution in [0.2, 0.25) is 5.02 Å². The molecular weight excluding hydrogens is 402 g/mol. The molecule has 7 nitrogen and oxygen atoms in total. The van der Waals surface area contributed by atoms with Crippen molar-refractivity contribution in [1.29, 1.82) is 0 Å². The van der Waals surface area contributed by atoms with Crippen molar-refractivity contribution >= 4 is 29.2 Å². The molecular formula is C22H24ClN5O2. The summed E-state index contributed by atoms with van der Waals surface area (Å²) in [7, 11) is 1.70. The van der Waals surface area contributed by atoms with Crippen LogP contribution in [-0.4, -0.2) is 30.4 Å².